The first kappa shape index (κ1) is 11.6. The number of para-hydroxylation sites is 1. The van der Waals surface area contributed by atoms with Crippen molar-refractivity contribution >= 4 is 16.6 Å². The molecule has 0 spiro atoms. The molecule has 0 radical (unpaired) electrons. The highest BCUT2D eigenvalue weighted by molar-refractivity contribution is 5.92. The molecule has 1 aromatic carbocycles. The number of rotatable bonds is 4. The molecule has 1 heterocycles. The normalized spacial score (nSPS) is 17.7. The van der Waals surface area contributed by atoms with Gasteiger partial charge in [0.2, 0.25) is 0 Å². The van der Waals surface area contributed by atoms with E-state index in [4.69, 9.17) is 0 Å². The molecule has 1 saturated carbocycles. The molecule has 2 aromatic rings. The maximum atomic E-state index is 9.56. The number of aliphatic hydroxyl groups is 1. The van der Waals surface area contributed by atoms with Gasteiger partial charge in [0.05, 0.1) is 12.3 Å². The summed E-state index contributed by atoms with van der Waals surface area (Å²) >= 11 is 0. The fourth-order valence-electron chi connectivity index (χ4n) is 3.00. The molecule has 0 aliphatic heterocycles. The summed E-state index contributed by atoms with van der Waals surface area (Å²) in [5, 5.41) is 10.8. The summed E-state index contributed by atoms with van der Waals surface area (Å²) in [5.41, 5.74) is 2.53. The number of hydrogen-bond donors (Lipinski definition) is 2. The first-order valence-electron chi connectivity index (χ1n) is 6.62. The topological polar surface area (TPSA) is 39.3 Å². The van der Waals surface area contributed by atoms with E-state index >= 15 is 0 Å². The fourth-order valence-corrected chi connectivity index (χ4v) is 3.00. The second kappa shape index (κ2) is 4.32. The van der Waals surface area contributed by atoms with Gasteiger partial charge in [-0.3, -0.25) is 0 Å². The number of nitrogens with one attached hydrogen (secondary N) is 1. The summed E-state index contributed by atoms with van der Waals surface area (Å²) < 4.78 is 0. The molecule has 0 unspecified atom stereocenters. The Morgan fingerprint density at radius 2 is 2.11 bits per heavy atom. The molecule has 3 nitrogen and oxygen atoms in total. The number of nitrogens with zero attached hydrogens (tertiary/aromatic N) is 1. The average molecular weight is 244 g/mol. The molecule has 0 saturated heterocycles. The second-order valence-corrected chi connectivity index (χ2v) is 5.59. The van der Waals surface area contributed by atoms with Gasteiger partial charge in [-0.05, 0) is 18.9 Å². The summed E-state index contributed by atoms with van der Waals surface area (Å²) in [7, 11) is 2.12. The van der Waals surface area contributed by atoms with Crippen molar-refractivity contribution in [2.75, 3.05) is 25.1 Å². The van der Waals surface area contributed by atoms with Crippen LogP contribution in [0.5, 0.6) is 0 Å². The third-order valence-electron chi connectivity index (χ3n) is 4.30. The number of anilines is 1. The Balaban J connectivity index is 1.85. The molecule has 0 bridgehead atoms. The third-order valence-corrected chi connectivity index (χ3v) is 4.30. The predicted octanol–water partition coefficient (Wildman–Crippen LogP) is 2.77. The smallest absolute Gasteiger partial charge is 0.0621 e. The number of hydrogen-bond acceptors (Lipinski definition) is 2. The molecule has 18 heavy (non-hydrogen) atoms. The lowest BCUT2D eigenvalue weighted by atomic mass is 9.69. The van der Waals surface area contributed by atoms with E-state index in [1.807, 2.05) is 6.07 Å². The van der Waals surface area contributed by atoms with Crippen LogP contribution in [0.3, 0.4) is 0 Å². The Kier molecular flexibility index (Phi) is 2.78. The number of benzene rings is 1. The van der Waals surface area contributed by atoms with Crippen LogP contribution in [-0.2, 0) is 0 Å². The lowest BCUT2D eigenvalue weighted by Gasteiger charge is -2.43. The van der Waals surface area contributed by atoms with Gasteiger partial charge in [-0.25, -0.2) is 0 Å². The third kappa shape index (κ3) is 1.79. The Bertz CT molecular complexity index is 537. The van der Waals surface area contributed by atoms with Crippen LogP contribution >= 0.6 is 0 Å². The summed E-state index contributed by atoms with van der Waals surface area (Å²) in [6.45, 7) is 1.24. The predicted molar refractivity (Wildman–Crippen MR) is 74.9 cm³/mol. The van der Waals surface area contributed by atoms with Crippen molar-refractivity contribution < 1.29 is 5.11 Å². The molecule has 1 aliphatic carbocycles. The van der Waals surface area contributed by atoms with Crippen LogP contribution in [0.2, 0.25) is 0 Å². The summed E-state index contributed by atoms with van der Waals surface area (Å²) in [6, 6.07) is 8.35. The van der Waals surface area contributed by atoms with Crippen molar-refractivity contribution in [2.45, 2.75) is 19.3 Å². The van der Waals surface area contributed by atoms with Crippen LogP contribution in [-0.4, -0.2) is 30.3 Å². The minimum atomic E-state index is 0.132. The highest BCUT2D eigenvalue weighted by atomic mass is 16.3. The maximum Gasteiger partial charge on any atom is 0.0621 e. The van der Waals surface area contributed by atoms with Gasteiger partial charge < -0.3 is 15.0 Å². The van der Waals surface area contributed by atoms with E-state index in [0.717, 1.165) is 19.4 Å². The van der Waals surface area contributed by atoms with E-state index in [2.05, 4.69) is 41.3 Å². The largest absolute Gasteiger partial charge is 0.396 e. The molecule has 3 rings (SSSR count). The van der Waals surface area contributed by atoms with E-state index in [0.29, 0.717) is 6.61 Å². The summed E-state index contributed by atoms with van der Waals surface area (Å²) in [5.74, 6) is 0. The number of aromatic amines is 1. The molecule has 0 atom stereocenters. The zero-order valence-corrected chi connectivity index (χ0v) is 10.8. The van der Waals surface area contributed by atoms with E-state index in [1.165, 1.54) is 23.0 Å². The van der Waals surface area contributed by atoms with Gasteiger partial charge >= 0.3 is 0 Å². The standard InChI is InChI=1S/C15H20N2O/c1-17(10-15(11-18)7-4-8-15)14-9-16-13-6-3-2-5-12(13)14/h2-3,5-6,9,16,18H,4,7-8,10-11H2,1H3. The lowest BCUT2D eigenvalue weighted by Crippen LogP contribution is -2.43. The molecule has 96 valence electrons. The maximum absolute atomic E-state index is 9.56. The minimum absolute atomic E-state index is 0.132. The van der Waals surface area contributed by atoms with Crippen molar-refractivity contribution in [3.63, 3.8) is 0 Å². The Hall–Kier alpha value is -1.48. The van der Waals surface area contributed by atoms with Gasteiger partial charge in [-0.1, -0.05) is 24.6 Å². The van der Waals surface area contributed by atoms with Crippen LogP contribution in [0.4, 0.5) is 5.69 Å². The Labute approximate surface area is 107 Å². The van der Waals surface area contributed by atoms with Gasteiger partial charge in [-0.2, -0.15) is 0 Å². The molecular weight excluding hydrogens is 224 g/mol. The van der Waals surface area contributed by atoms with E-state index in [1.54, 1.807) is 0 Å². The lowest BCUT2D eigenvalue weighted by molar-refractivity contribution is 0.0524. The molecule has 1 aliphatic rings. The zero-order chi connectivity index (χ0) is 12.6. The number of fused-ring (bicyclic) bond motifs is 1. The van der Waals surface area contributed by atoms with Crippen LogP contribution in [0, 0.1) is 5.41 Å². The molecular formula is C15H20N2O. The SMILES string of the molecule is CN(CC1(CO)CCC1)c1c[nH]c2ccccc12. The monoisotopic (exact) mass is 244 g/mol. The minimum Gasteiger partial charge on any atom is -0.396 e. The Morgan fingerprint density at radius 1 is 1.33 bits per heavy atom. The quantitative estimate of drug-likeness (QED) is 0.868. The van der Waals surface area contributed by atoms with Gasteiger partial charge in [-0.15, -0.1) is 0 Å². The van der Waals surface area contributed by atoms with Crippen LogP contribution in [0.25, 0.3) is 10.9 Å². The van der Waals surface area contributed by atoms with Gasteiger partial charge in [0, 0.05) is 36.1 Å². The van der Waals surface area contributed by atoms with Crippen molar-refractivity contribution in [3.8, 4) is 0 Å². The van der Waals surface area contributed by atoms with Gasteiger partial charge in [0.15, 0.2) is 0 Å². The molecule has 1 fully saturated rings. The first-order chi connectivity index (χ1) is 8.74. The number of H-pyrrole nitrogens is 1. The van der Waals surface area contributed by atoms with Crippen molar-refractivity contribution in [3.05, 3.63) is 30.5 Å². The Morgan fingerprint density at radius 3 is 2.78 bits per heavy atom. The van der Waals surface area contributed by atoms with Crippen LogP contribution in [0.1, 0.15) is 19.3 Å². The summed E-state index contributed by atoms with van der Waals surface area (Å²) in [4.78, 5) is 5.58. The van der Waals surface area contributed by atoms with E-state index in [9.17, 15) is 5.11 Å². The first-order valence-corrected chi connectivity index (χ1v) is 6.62. The highest BCUT2D eigenvalue weighted by Crippen LogP contribution is 2.42. The van der Waals surface area contributed by atoms with E-state index < -0.39 is 0 Å². The zero-order valence-electron chi connectivity index (χ0n) is 10.8. The van der Waals surface area contributed by atoms with E-state index in [-0.39, 0.29) is 5.41 Å². The van der Waals surface area contributed by atoms with Crippen LogP contribution < -0.4 is 4.90 Å². The number of aliphatic hydroxyl groups excluding tert-OH is 1. The molecule has 0 amide bonds. The van der Waals surface area contributed by atoms with Crippen molar-refractivity contribution in [1.29, 1.82) is 0 Å². The highest BCUT2D eigenvalue weighted by Gasteiger charge is 2.37. The fraction of sp³-hybridized carbons (Fsp3) is 0.467. The summed E-state index contributed by atoms with van der Waals surface area (Å²) in [6.07, 6.45) is 5.61. The van der Waals surface area contributed by atoms with Gasteiger partial charge in [0.1, 0.15) is 0 Å². The molecule has 1 aromatic heterocycles. The molecule has 3 heteroatoms. The second-order valence-electron chi connectivity index (χ2n) is 5.59. The van der Waals surface area contributed by atoms with Crippen molar-refractivity contribution in [1.82, 2.24) is 4.98 Å². The van der Waals surface area contributed by atoms with Crippen LogP contribution in [0.15, 0.2) is 30.5 Å². The number of aromatic nitrogens is 1. The average Bonchev–Trinajstić information content (AvgIpc) is 2.77. The van der Waals surface area contributed by atoms with Gasteiger partial charge in [0.25, 0.3) is 0 Å². The van der Waals surface area contributed by atoms with Crippen molar-refractivity contribution in [2.24, 2.45) is 5.41 Å². The molecule has 2 N–H and O–H groups in total.